The summed E-state index contributed by atoms with van der Waals surface area (Å²) in [5, 5.41) is 13.8. The maximum atomic E-state index is 6.15. The third kappa shape index (κ3) is 3.72. The molecule has 0 N–H and O–H groups in total. The van der Waals surface area contributed by atoms with Gasteiger partial charge in [-0.25, -0.2) is 0 Å². The van der Waals surface area contributed by atoms with Crippen LogP contribution < -0.4 is 0 Å². The molecule has 0 atom stereocenters. The van der Waals surface area contributed by atoms with E-state index in [1.54, 1.807) is 29.6 Å². The van der Waals surface area contributed by atoms with Gasteiger partial charge in [0.05, 0.1) is 6.21 Å². The minimum Gasteiger partial charge on any atom is -0.265 e. The van der Waals surface area contributed by atoms with Gasteiger partial charge in [0, 0.05) is 23.2 Å². The van der Waals surface area contributed by atoms with Gasteiger partial charge in [-0.05, 0) is 29.3 Å². The van der Waals surface area contributed by atoms with Crippen LogP contribution in [0.5, 0.6) is 0 Å². The molecule has 0 unspecified atom stereocenters. The molecule has 22 heavy (non-hydrogen) atoms. The van der Waals surface area contributed by atoms with Crippen molar-refractivity contribution in [2.45, 2.75) is 10.9 Å². The lowest BCUT2D eigenvalue weighted by molar-refractivity contribution is 0.767. The number of hydrogen-bond acceptors (Lipinski definition) is 5. The molecule has 0 aliphatic carbocycles. The van der Waals surface area contributed by atoms with E-state index in [1.807, 2.05) is 36.4 Å². The molecule has 3 aromatic rings. The van der Waals surface area contributed by atoms with E-state index < -0.39 is 0 Å². The summed E-state index contributed by atoms with van der Waals surface area (Å²) in [7, 11) is 0. The van der Waals surface area contributed by atoms with Gasteiger partial charge in [-0.3, -0.25) is 4.98 Å². The highest BCUT2D eigenvalue weighted by Gasteiger charge is 2.06. The molecule has 7 heteroatoms. The van der Waals surface area contributed by atoms with Crippen molar-refractivity contribution in [1.29, 1.82) is 0 Å². The molecule has 3 rings (SSSR count). The van der Waals surface area contributed by atoms with E-state index in [0.29, 0.717) is 10.9 Å². The van der Waals surface area contributed by atoms with E-state index in [-0.39, 0.29) is 0 Å². The summed E-state index contributed by atoms with van der Waals surface area (Å²) in [5.41, 5.74) is 2.02. The zero-order chi connectivity index (χ0) is 15.2. The lowest BCUT2D eigenvalue weighted by atomic mass is 10.2. The first-order chi connectivity index (χ1) is 10.8. The lowest BCUT2D eigenvalue weighted by Gasteiger charge is -2.03. The van der Waals surface area contributed by atoms with Crippen LogP contribution >= 0.6 is 23.4 Å². The standard InChI is InChI=1S/C15H12ClN5S/c16-14-4-2-1-3-13(14)10-22-15-20-18-11-21(15)19-9-12-5-7-17-8-6-12/h1-9,11H,10H2/b19-9+. The molecular formula is C15H12ClN5S. The first kappa shape index (κ1) is 14.7. The molecule has 0 aliphatic rings. The van der Waals surface area contributed by atoms with Crippen molar-refractivity contribution in [3.8, 4) is 0 Å². The van der Waals surface area contributed by atoms with E-state index in [0.717, 1.165) is 16.1 Å². The van der Waals surface area contributed by atoms with Gasteiger partial charge in [0.25, 0.3) is 0 Å². The second-order valence-corrected chi connectivity index (χ2v) is 5.71. The molecule has 0 saturated heterocycles. The Kier molecular flexibility index (Phi) is 4.82. The molecule has 0 saturated carbocycles. The van der Waals surface area contributed by atoms with Crippen molar-refractivity contribution in [2.24, 2.45) is 5.10 Å². The van der Waals surface area contributed by atoms with Crippen LogP contribution in [0.25, 0.3) is 0 Å². The highest BCUT2D eigenvalue weighted by molar-refractivity contribution is 7.98. The normalized spacial score (nSPS) is 11.1. The Balaban J connectivity index is 1.70. The first-order valence-electron chi connectivity index (χ1n) is 6.53. The van der Waals surface area contributed by atoms with E-state index in [1.165, 1.54) is 11.8 Å². The van der Waals surface area contributed by atoms with Crippen LogP contribution in [0, 0.1) is 0 Å². The van der Waals surface area contributed by atoms with Crippen LogP contribution in [0.4, 0.5) is 0 Å². The molecule has 0 spiro atoms. The van der Waals surface area contributed by atoms with Crippen LogP contribution in [0.15, 0.2) is 65.4 Å². The molecule has 0 radical (unpaired) electrons. The molecule has 5 nitrogen and oxygen atoms in total. The highest BCUT2D eigenvalue weighted by atomic mass is 35.5. The predicted molar refractivity (Wildman–Crippen MR) is 88.3 cm³/mol. The Morgan fingerprint density at radius 1 is 1.18 bits per heavy atom. The quantitative estimate of drug-likeness (QED) is 0.531. The third-order valence-electron chi connectivity index (χ3n) is 2.85. The van der Waals surface area contributed by atoms with E-state index in [9.17, 15) is 0 Å². The molecule has 0 fully saturated rings. The van der Waals surface area contributed by atoms with Crippen molar-refractivity contribution in [2.75, 3.05) is 0 Å². The minimum absolute atomic E-state index is 0.711. The maximum Gasteiger partial charge on any atom is 0.212 e. The number of rotatable bonds is 5. The van der Waals surface area contributed by atoms with Crippen LogP contribution in [0.3, 0.4) is 0 Å². The van der Waals surface area contributed by atoms with Crippen LogP contribution in [-0.4, -0.2) is 26.1 Å². The van der Waals surface area contributed by atoms with Crippen molar-refractivity contribution in [3.05, 3.63) is 71.3 Å². The Morgan fingerprint density at radius 2 is 2.00 bits per heavy atom. The molecule has 0 aliphatic heterocycles. The number of nitrogens with zero attached hydrogens (tertiary/aromatic N) is 5. The number of pyridine rings is 1. The summed E-state index contributed by atoms with van der Waals surface area (Å²) in [6, 6.07) is 11.5. The molecule has 2 aromatic heterocycles. The Labute approximate surface area is 137 Å². The highest BCUT2D eigenvalue weighted by Crippen LogP contribution is 2.25. The fourth-order valence-electron chi connectivity index (χ4n) is 1.73. The number of halogens is 1. The first-order valence-corrected chi connectivity index (χ1v) is 7.90. The topological polar surface area (TPSA) is 56.0 Å². The molecule has 2 heterocycles. The minimum atomic E-state index is 0.711. The number of hydrogen-bond donors (Lipinski definition) is 0. The van der Waals surface area contributed by atoms with Crippen LogP contribution in [-0.2, 0) is 5.75 Å². The molecular weight excluding hydrogens is 318 g/mol. The van der Waals surface area contributed by atoms with E-state index in [4.69, 9.17) is 11.6 Å². The van der Waals surface area contributed by atoms with Crippen molar-refractivity contribution in [3.63, 3.8) is 0 Å². The van der Waals surface area contributed by atoms with E-state index >= 15 is 0 Å². The predicted octanol–water partition coefficient (Wildman–Crippen LogP) is 3.50. The van der Waals surface area contributed by atoms with Gasteiger partial charge >= 0.3 is 0 Å². The molecule has 0 bridgehead atoms. The summed E-state index contributed by atoms with van der Waals surface area (Å²) in [4.78, 5) is 3.97. The molecule has 1 aromatic carbocycles. The molecule has 0 amide bonds. The van der Waals surface area contributed by atoms with Gasteiger partial charge in [-0.1, -0.05) is 41.6 Å². The number of aromatic nitrogens is 4. The van der Waals surface area contributed by atoms with Crippen LogP contribution in [0.2, 0.25) is 5.02 Å². The Hall–Kier alpha value is -2.18. The Morgan fingerprint density at radius 3 is 2.82 bits per heavy atom. The fourth-order valence-corrected chi connectivity index (χ4v) is 2.88. The fraction of sp³-hybridized carbons (Fsp3) is 0.0667. The lowest BCUT2D eigenvalue weighted by Crippen LogP contribution is -1.93. The van der Waals surface area contributed by atoms with Crippen molar-refractivity contribution >= 4 is 29.6 Å². The SMILES string of the molecule is Clc1ccccc1CSc1nncn1/N=C/c1ccncc1. The maximum absolute atomic E-state index is 6.15. The van der Waals surface area contributed by atoms with Crippen LogP contribution in [0.1, 0.15) is 11.1 Å². The van der Waals surface area contributed by atoms with Crippen molar-refractivity contribution < 1.29 is 0 Å². The average Bonchev–Trinajstić information content (AvgIpc) is 3.01. The monoisotopic (exact) mass is 329 g/mol. The Bertz CT molecular complexity index is 772. The van der Waals surface area contributed by atoms with E-state index in [2.05, 4.69) is 20.3 Å². The zero-order valence-electron chi connectivity index (χ0n) is 11.5. The largest absolute Gasteiger partial charge is 0.265 e. The summed E-state index contributed by atoms with van der Waals surface area (Å²) in [6.45, 7) is 0. The molecule has 110 valence electrons. The van der Waals surface area contributed by atoms with Gasteiger partial charge in [0.2, 0.25) is 5.16 Å². The summed E-state index contributed by atoms with van der Waals surface area (Å²) >= 11 is 7.69. The number of benzene rings is 1. The second-order valence-electron chi connectivity index (χ2n) is 4.36. The third-order valence-corrected chi connectivity index (χ3v) is 4.20. The number of thioether (sulfide) groups is 1. The second kappa shape index (κ2) is 7.20. The average molecular weight is 330 g/mol. The van der Waals surface area contributed by atoms with Gasteiger partial charge < -0.3 is 0 Å². The van der Waals surface area contributed by atoms with Gasteiger partial charge in [0.1, 0.15) is 6.33 Å². The van der Waals surface area contributed by atoms with Gasteiger partial charge in [-0.15, -0.1) is 10.2 Å². The van der Waals surface area contributed by atoms with Gasteiger partial charge in [-0.2, -0.15) is 9.78 Å². The zero-order valence-corrected chi connectivity index (χ0v) is 13.1. The summed E-state index contributed by atoms with van der Waals surface area (Å²) in [6.07, 6.45) is 6.76. The smallest absolute Gasteiger partial charge is 0.212 e. The summed E-state index contributed by atoms with van der Waals surface area (Å²) < 4.78 is 1.64. The van der Waals surface area contributed by atoms with Gasteiger partial charge in [0.15, 0.2) is 0 Å². The van der Waals surface area contributed by atoms with Crippen molar-refractivity contribution in [1.82, 2.24) is 19.9 Å². The summed E-state index contributed by atoms with van der Waals surface area (Å²) in [5.74, 6) is 0.711.